The average Bonchev–Trinajstić information content (AvgIpc) is 3.16. The molecule has 1 unspecified atom stereocenters. The van der Waals surface area contributed by atoms with E-state index in [2.05, 4.69) is 29.4 Å². The van der Waals surface area contributed by atoms with Gasteiger partial charge in [-0.1, -0.05) is 42.1 Å². The number of anilines is 1. The van der Waals surface area contributed by atoms with E-state index >= 15 is 0 Å². The highest BCUT2D eigenvalue weighted by Gasteiger charge is 2.18. The molecule has 3 rings (SSSR count). The Morgan fingerprint density at radius 2 is 1.82 bits per heavy atom. The minimum absolute atomic E-state index is 0.0822. The summed E-state index contributed by atoms with van der Waals surface area (Å²) in [5.74, 6) is 0.676. The average molecular weight is 397 g/mol. The molecule has 0 aliphatic rings. The lowest BCUT2D eigenvalue weighted by Crippen LogP contribution is -2.23. The van der Waals surface area contributed by atoms with E-state index in [0.29, 0.717) is 6.61 Å². The van der Waals surface area contributed by atoms with Gasteiger partial charge in [-0.05, 0) is 50.6 Å². The normalized spacial score (nSPS) is 12.0. The zero-order valence-electron chi connectivity index (χ0n) is 16.2. The van der Waals surface area contributed by atoms with Crippen molar-refractivity contribution in [2.45, 2.75) is 43.8 Å². The number of thioether (sulfide) groups is 1. The number of rotatable bonds is 8. The van der Waals surface area contributed by atoms with Gasteiger partial charge in [0.05, 0.1) is 5.25 Å². The third-order valence-corrected chi connectivity index (χ3v) is 5.19. The van der Waals surface area contributed by atoms with Crippen LogP contribution < -0.4 is 10.1 Å². The van der Waals surface area contributed by atoms with Gasteiger partial charge in [0.1, 0.15) is 18.7 Å². The Balaban J connectivity index is 1.53. The Bertz CT molecular complexity index is 894. The standard InChI is InChI=1S/C21H24N4O2S/c1-15(2)25-14-22-24-21(25)28-16(3)20(26)23-18-9-11-19(12-10-18)27-13-17-7-5-4-6-8-17/h4-12,14-16H,13H2,1-3H3,(H,23,26). The summed E-state index contributed by atoms with van der Waals surface area (Å²) < 4.78 is 7.72. The van der Waals surface area contributed by atoms with Crippen LogP contribution in [0.2, 0.25) is 0 Å². The van der Waals surface area contributed by atoms with Gasteiger partial charge < -0.3 is 14.6 Å². The molecule has 0 radical (unpaired) electrons. The van der Waals surface area contributed by atoms with Crippen LogP contribution in [0.25, 0.3) is 0 Å². The molecular weight excluding hydrogens is 372 g/mol. The fraction of sp³-hybridized carbons (Fsp3) is 0.286. The van der Waals surface area contributed by atoms with Crippen molar-refractivity contribution >= 4 is 23.4 Å². The first-order chi connectivity index (χ1) is 13.5. The van der Waals surface area contributed by atoms with Crippen molar-refractivity contribution < 1.29 is 9.53 Å². The summed E-state index contributed by atoms with van der Waals surface area (Å²) in [4.78, 5) is 12.5. The Morgan fingerprint density at radius 3 is 2.50 bits per heavy atom. The summed E-state index contributed by atoms with van der Waals surface area (Å²) in [5.41, 5.74) is 1.84. The van der Waals surface area contributed by atoms with Gasteiger partial charge in [-0.15, -0.1) is 10.2 Å². The number of hydrogen-bond acceptors (Lipinski definition) is 5. The minimum Gasteiger partial charge on any atom is -0.489 e. The van der Waals surface area contributed by atoms with Crippen molar-refractivity contribution in [3.05, 3.63) is 66.5 Å². The van der Waals surface area contributed by atoms with E-state index < -0.39 is 0 Å². The van der Waals surface area contributed by atoms with Gasteiger partial charge in [0.25, 0.3) is 0 Å². The second-order valence-corrected chi connectivity index (χ2v) is 7.97. The number of carbonyl (C=O) groups is 1. The first kappa shape index (κ1) is 19.9. The van der Waals surface area contributed by atoms with Gasteiger partial charge >= 0.3 is 0 Å². The highest BCUT2D eigenvalue weighted by molar-refractivity contribution is 8.00. The largest absolute Gasteiger partial charge is 0.489 e. The van der Waals surface area contributed by atoms with Crippen LogP contribution in [0.1, 0.15) is 32.4 Å². The third kappa shape index (κ3) is 5.36. The molecule has 6 nitrogen and oxygen atoms in total. The van der Waals surface area contributed by atoms with Crippen molar-refractivity contribution in [2.75, 3.05) is 5.32 Å². The van der Waals surface area contributed by atoms with Crippen LogP contribution in [0.5, 0.6) is 5.75 Å². The summed E-state index contributed by atoms with van der Waals surface area (Å²) in [5, 5.41) is 11.4. The monoisotopic (exact) mass is 396 g/mol. The molecule has 0 spiro atoms. The van der Waals surface area contributed by atoms with Crippen molar-refractivity contribution in [3.63, 3.8) is 0 Å². The summed E-state index contributed by atoms with van der Waals surface area (Å²) in [6, 6.07) is 17.6. The van der Waals surface area contributed by atoms with E-state index in [1.54, 1.807) is 6.33 Å². The van der Waals surface area contributed by atoms with Crippen LogP contribution in [0.3, 0.4) is 0 Å². The maximum atomic E-state index is 12.5. The molecule has 1 aromatic heterocycles. The van der Waals surface area contributed by atoms with Crippen molar-refractivity contribution in [3.8, 4) is 5.75 Å². The summed E-state index contributed by atoms with van der Waals surface area (Å²) in [6.07, 6.45) is 1.69. The van der Waals surface area contributed by atoms with Crippen LogP contribution in [0.4, 0.5) is 5.69 Å². The molecule has 0 aliphatic carbocycles. The number of nitrogens with zero attached hydrogens (tertiary/aromatic N) is 3. The van der Waals surface area contributed by atoms with Crippen molar-refractivity contribution in [2.24, 2.45) is 0 Å². The van der Waals surface area contributed by atoms with E-state index in [1.165, 1.54) is 11.8 Å². The maximum Gasteiger partial charge on any atom is 0.237 e. The molecule has 0 saturated carbocycles. The predicted molar refractivity (Wildman–Crippen MR) is 112 cm³/mol. The topological polar surface area (TPSA) is 69.0 Å². The Morgan fingerprint density at radius 1 is 1.11 bits per heavy atom. The van der Waals surface area contributed by atoms with Gasteiger partial charge in [0.2, 0.25) is 5.91 Å². The molecule has 1 N–H and O–H groups in total. The fourth-order valence-electron chi connectivity index (χ4n) is 2.50. The molecule has 7 heteroatoms. The molecular formula is C21H24N4O2S. The van der Waals surface area contributed by atoms with Gasteiger partial charge in [-0.2, -0.15) is 0 Å². The lowest BCUT2D eigenvalue weighted by Gasteiger charge is -2.14. The lowest BCUT2D eigenvalue weighted by atomic mass is 10.2. The summed E-state index contributed by atoms with van der Waals surface area (Å²) >= 11 is 1.39. The van der Waals surface area contributed by atoms with E-state index in [4.69, 9.17) is 4.74 Å². The third-order valence-electron chi connectivity index (χ3n) is 4.12. The number of ether oxygens (including phenoxy) is 1. The van der Waals surface area contributed by atoms with Crippen LogP contribution in [-0.2, 0) is 11.4 Å². The van der Waals surface area contributed by atoms with Gasteiger partial charge in [-0.25, -0.2) is 0 Å². The molecule has 1 heterocycles. The Hall–Kier alpha value is -2.80. The van der Waals surface area contributed by atoms with E-state index in [1.807, 2.05) is 66.1 Å². The molecule has 1 amide bonds. The highest BCUT2D eigenvalue weighted by atomic mass is 32.2. The summed E-state index contributed by atoms with van der Waals surface area (Å²) in [7, 11) is 0. The molecule has 146 valence electrons. The molecule has 0 aliphatic heterocycles. The first-order valence-corrected chi connectivity index (χ1v) is 10.0. The quantitative estimate of drug-likeness (QED) is 0.566. The van der Waals surface area contributed by atoms with Gasteiger partial charge in [-0.3, -0.25) is 4.79 Å². The number of hydrogen-bond donors (Lipinski definition) is 1. The number of carbonyl (C=O) groups excluding carboxylic acids is 1. The van der Waals surface area contributed by atoms with Crippen molar-refractivity contribution in [1.29, 1.82) is 0 Å². The van der Waals surface area contributed by atoms with Crippen LogP contribution in [0.15, 0.2) is 66.1 Å². The SMILES string of the molecule is CC(Sc1nncn1C(C)C)C(=O)Nc1ccc(OCc2ccccc2)cc1. The predicted octanol–water partition coefficient (Wildman–Crippen LogP) is 4.56. The number of nitrogens with one attached hydrogen (secondary N) is 1. The van der Waals surface area contributed by atoms with Crippen LogP contribution in [-0.4, -0.2) is 25.9 Å². The zero-order valence-corrected chi connectivity index (χ0v) is 17.0. The first-order valence-electron chi connectivity index (χ1n) is 9.16. The van der Waals surface area contributed by atoms with E-state index in [-0.39, 0.29) is 17.2 Å². The van der Waals surface area contributed by atoms with E-state index in [9.17, 15) is 4.79 Å². The Kier molecular flexibility index (Phi) is 6.71. The second-order valence-electron chi connectivity index (χ2n) is 6.66. The maximum absolute atomic E-state index is 12.5. The molecule has 2 aromatic carbocycles. The number of aromatic nitrogens is 3. The van der Waals surface area contributed by atoms with Gasteiger partial charge in [0.15, 0.2) is 5.16 Å². The number of amides is 1. The smallest absolute Gasteiger partial charge is 0.237 e. The highest BCUT2D eigenvalue weighted by Crippen LogP contribution is 2.25. The number of benzene rings is 2. The zero-order chi connectivity index (χ0) is 19.9. The molecule has 0 fully saturated rings. The fourth-order valence-corrected chi connectivity index (χ4v) is 3.46. The van der Waals surface area contributed by atoms with Crippen LogP contribution in [0, 0.1) is 0 Å². The molecule has 0 bridgehead atoms. The Labute approximate surface area is 169 Å². The molecule has 28 heavy (non-hydrogen) atoms. The lowest BCUT2D eigenvalue weighted by molar-refractivity contribution is -0.115. The second kappa shape index (κ2) is 9.41. The van der Waals surface area contributed by atoms with Crippen molar-refractivity contribution in [1.82, 2.24) is 14.8 Å². The van der Waals surface area contributed by atoms with Crippen LogP contribution >= 0.6 is 11.8 Å². The molecule has 1 atom stereocenters. The molecule has 3 aromatic rings. The summed E-state index contributed by atoms with van der Waals surface area (Å²) in [6.45, 7) is 6.48. The van der Waals surface area contributed by atoms with E-state index in [0.717, 1.165) is 22.2 Å². The molecule has 0 saturated heterocycles. The minimum atomic E-state index is -0.296. The van der Waals surface area contributed by atoms with Gasteiger partial charge in [0, 0.05) is 11.7 Å².